The number of fused-ring (bicyclic) bond motifs is 1. The summed E-state index contributed by atoms with van der Waals surface area (Å²) in [5.41, 5.74) is 2.10. The molecule has 2 aliphatic rings. The fraction of sp³-hybridized carbons (Fsp3) is 0.320. The van der Waals surface area contributed by atoms with Gasteiger partial charge >= 0.3 is 6.03 Å². The predicted molar refractivity (Wildman–Crippen MR) is 134 cm³/mol. The number of para-hydroxylation sites is 1. The Balaban J connectivity index is 1.23. The molecule has 2 fully saturated rings. The van der Waals surface area contributed by atoms with Gasteiger partial charge in [0, 0.05) is 42.3 Å². The number of anilines is 1. The van der Waals surface area contributed by atoms with Crippen molar-refractivity contribution in [3.8, 4) is 0 Å². The first kappa shape index (κ1) is 24.0. The van der Waals surface area contributed by atoms with Crippen LogP contribution in [0.25, 0.3) is 10.9 Å². The first-order valence-electron chi connectivity index (χ1n) is 11.9. The van der Waals surface area contributed by atoms with Gasteiger partial charge in [-0.05, 0) is 42.7 Å². The molecule has 36 heavy (non-hydrogen) atoms. The van der Waals surface area contributed by atoms with Gasteiger partial charge in [-0.2, -0.15) is 4.31 Å². The lowest BCUT2D eigenvalue weighted by molar-refractivity contribution is -0.130. The summed E-state index contributed by atoms with van der Waals surface area (Å²) in [5.74, 6) is -1.08. The molecule has 5 rings (SSSR count). The van der Waals surface area contributed by atoms with E-state index in [-0.39, 0.29) is 10.6 Å². The Hall–Kier alpha value is -3.70. The molecule has 10 nitrogen and oxygen atoms in total. The highest BCUT2D eigenvalue weighted by atomic mass is 32.2. The number of imide groups is 1. The fourth-order valence-electron chi connectivity index (χ4n) is 4.72. The number of nitrogens with zero attached hydrogens (tertiary/aromatic N) is 2. The average Bonchev–Trinajstić information content (AvgIpc) is 3.41. The van der Waals surface area contributed by atoms with E-state index in [1.54, 1.807) is 12.1 Å². The molecule has 0 aliphatic carbocycles. The van der Waals surface area contributed by atoms with Gasteiger partial charge in [0.05, 0.1) is 4.90 Å². The van der Waals surface area contributed by atoms with Crippen LogP contribution in [0.15, 0.2) is 59.6 Å². The number of rotatable bonds is 7. The van der Waals surface area contributed by atoms with Crippen LogP contribution in [0.3, 0.4) is 0 Å². The second kappa shape index (κ2) is 9.75. The zero-order valence-corrected chi connectivity index (χ0v) is 20.4. The number of sulfonamides is 1. The molecule has 1 aromatic heterocycles. The van der Waals surface area contributed by atoms with Gasteiger partial charge in [0.1, 0.15) is 12.6 Å². The van der Waals surface area contributed by atoms with Crippen LogP contribution < -0.4 is 10.6 Å². The number of hydrogen-bond acceptors (Lipinski definition) is 5. The Labute approximate surface area is 208 Å². The van der Waals surface area contributed by atoms with Gasteiger partial charge in [-0.1, -0.05) is 30.7 Å². The molecule has 0 saturated carbocycles. The summed E-state index contributed by atoms with van der Waals surface area (Å²) < 4.78 is 27.3. The highest BCUT2D eigenvalue weighted by Gasteiger charge is 2.39. The molecule has 2 aliphatic heterocycles. The SMILES string of the molecule is O=C(CN1C(=O)N[C@@H](Cc2c[nH]c3ccccc23)C1=O)Nc1cccc(S(=O)(=O)N2CCCCC2)c1. The minimum Gasteiger partial charge on any atom is -0.361 e. The minimum atomic E-state index is -3.66. The Bertz CT molecular complexity index is 1430. The van der Waals surface area contributed by atoms with Gasteiger partial charge in [-0.3, -0.25) is 14.5 Å². The van der Waals surface area contributed by atoms with Crippen molar-refractivity contribution < 1.29 is 22.8 Å². The van der Waals surface area contributed by atoms with Crippen LogP contribution in [0, 0.1) is 0 Å². The number of piperidine rings is 1. The first-order chi connectivity index (χ1) is 17.3. The number of hydrogen-bond donors (Lipinski definition) is 3. The number of amides is 4. The van der Waals surface area contributed by atoms with Crippen molar-refractivity contribution in [1.82, 2.24) is 19.5 Å². The van der Waals surface area contributed by atoms with Crippen molar-refractivity contribution in [2.75, 3.05) is 25.0 Å². The van der Waals surface area contributed by atoms with Crippen LogP contribution in [0.2, 0.25) is 0 Å². The summed E-state index contributed by atoms with van der Waals surface area (Å²) in [5, 5.41) is 6.23. The Kier molecular flexibility index (Phi) is 6.50. The number of benzene rings is 2. The summed E-state index contributed by atoms with van der Waals surface area (Å²) >= 11 is 0. The highest BCUT2D eigenvalue weighted by molar-refractivity contribution is 7.89. The lowest BCUT2D eigenvalue weighted by atomic mass is 10.1. The van der Waals surface area contributed by atoms with E-state index in [4.69, 9.17) is 0 Å². The molecule has 0 radical (unpaired) electrons. The lowest BCUT2D eigenvalue weighted by Crippen LogP contribution is -2.38. The highest BCUT2D eigenvalue weighted by Crippen LogP contribution is 2.24. The Morgan fingerprint density at radius 3 is 2.61 bits per heavy atom. The lowest BCUT2D eigenvalue weighted by Gasteiger charge is -2.26. The molecular weight excluding hydrogens is 482 g/mol. The van der Waals surface area contributed by atoms with Crippen LogP contribution in [-0.2, 0) is 26.0 Å². The number of carbonyl (C=O) groups is 3. The molecule has 3 aromatic rings. The summed E-state index contributed by atoms with van der Waals surface area (Å²) in [6, 6.07) is 12.3. The number of aromatic nitrogens is 1. The number of nitrogens with one attached hydrogen (secondary N) is 3. The van der Waals surface area contributed by atoms with Crippen molar-refractivity contribution in [1.29, 1.82) is 0 Å². The number of urea groups is 1. The zero-order valence-electron chi connectivity index (χ0n) is 19.6. The third-order valence-corrected chi connectivity index (χ3v) is 8.47. The van der Waals surface area contributed by atoms with E-state index in [1.807, 2.05) is 30.5 Å². The maximum absolute atomic E-state index is 12.9. The maximum Gasteiger partial charge on any atom is 0.325 e. The minimum absolute atomic E-state index is 0.0935. The molecule has 3 heterocycles. The molecule has 0 unspecified atom stereocenters. The zero-order chi connectivity index (χ0) is 25.3. The van der Waals surface area contributed by atoms with E-state index in [2.05, 4.69) is 15.6 Å². The van der Waals surface area contributed by atoms with E-state index in [0.717, 1.165) is 40.6 Å². The van der Waals surface area contributed by atoms with Gasteiger partial charge in [0.2, 0.25) is 15.9 Å². The number of carbonyl (C=O) groups excluding carboxylic acids is 3. The molecule has 4 amide bonds. The van der Waals surface area contributed by atoms with Gasteiger partial charge in [-0.25, -0.2) is 13.2 Å². The largest absolute Gasteiger partial charge is 0.361 e. The van der Waals surface area contributed by atoms with Crippen molar-refractivity contribution in [2.45, 2.75) is 36.6 Å². The van der Waals surface area contributed by atoms with Crippen molar-refractivity contribution in [3.05, 3.63) is 60.3 Å². The van der Waals surface area contributed by atoms with Crippen molar-refractivity contribution in [3.63, 3.8) is 0 Å². The van der Waals surface area contributed by atoms with E-state index in [1.165, 1.54) is 16.4 Å². The van der Waals surface area contributed by atoms with Crippen molar-refractivity contribution >= 4 is 44.5 Å². The van der Waals surface area contributed by atoms with E-state index < -0.39 is 40.5 Å². The van der Waals surface area contributed by atoms with Crippen LogP contribution in [0.1, 0.15) is 24.8 Å². The van der Waals surface area contributed by atoms with Crippen molar-refractivity contribution in [2.24, 2.45) is 0 Å². The fourth-order valence-corrected chi connectivity index (χ4v) is 6.28. The molecule has 11 heteroatoms. The van der Waals surface area contributed by atoms with Crippen LogP contribution >= 0.6 is 0 Å². The normalized spacial score (nSPS) is 19.0. The Morgan fingerprint density at radius 2 is 1.81 bits per heavy atom. The van der Waals surface area contributed by atoms with Gasteiger partial charge < -0.3 is 15.6 Å². The number of aromatic amines is 1. The van der Waals surface area contributed by atoms with E-state index >= 15 is 0 Å². The molecule has 0 spiro atoms. The molecular formula is C25H27N5O5S. The van der Waals surface area contributed by atoms with Crippen LogP contribution in [0.4, 0.5) is 10.5 Å². The summed E-state index contributed by atoms with van der Waals surface area (Å²) in [6.45, 7) is 0.480. The van der Waals surface area contributed by atoms with Crippen LogP contribution in [-0.4, -0.2) is 66.1 Å². The standard InChI is InChI=1S/C25H27N5O5S/c31-23(27-18-7-6-8-19(14-18)36(34,35)29-11-4-1-5-12-29)16-30-24(32)22(28-25(30)33)13-17-15-26-21-10-3-2-9-20(17)21/h2-3,6-10,14-15,22,26H,1,4-5,11-13,16H2,(H,27,31)(H,28,33)/t22-/m0/s1. The summed E-state index contributed by atoms with van der Waals surface area (Å²) in [7, 11) is -3.66. The predicted octanol–water partition coefficient (Wildman–Crippen LogP) is 2.44. The summed E-state index contributed by atoms with van der Waals surface area (Å²) in [4.78, 5) is 42.1. The third kappa shape index (κ3) is 4.71. The third-order valence-electron chi connectivity index (χ3n) is 6.58. The topological polar surface area (TPSA) is 132 Å². The maximum atomic E-state index is 12.9. The smallest absolute Gasteiger partial charge is 0.325 e. The average molecular weight is 510 g/mol. The second-order valence-corrected chi connectivity index (χ2v) is 11.0. The summed E-state index contributed by atoms with van der Waals surface area (Å²) in [6.07, 6.45) is 4.76. The molecule has 2 aromatic carbocycles. The quantitative estimate of drug-likeness (QED) is 0.421. The van der Waals surface area contributed by atoms with Gasteiger partial charge in [0.15, 0.2) is 0 Å². The monoisotopic (exact) mass is 509 g/mol. The Morgan fingerprint density at radius 1 is 1.03 bits per heavy atom. The second-order valence-electron chi connectivity index (χ2n) is 9.03. The van der Waals surface area contributed by atoms with E-state index in [9.17, 15) is 22.8 Å². The molecule has 1 atom stereocenters. The van der Waals surface area contributed by atoms with Crippen LogP contribution in [0.5, 0.6) is 0 Å². The first-order valence-corrected chi connectivity index (χ1v) is 13.3. The molecule has 2 saturated heterocycles. The van der Waals surface area contributed by atoms with E-state index in [0.29, 0.717) is 19.5 Å². The molecule has 188 valence electrons. The molecule has 0 bridgehead atoms. The van der Waals surface area contributed by atoms with Gasteiger partial charge in [-0.15, -0.1) is 0 Å². The number of H-pyrrole nitrogens is 1. The van der Waals surface area contributed by atoms with Gasteiger partial charge in [0.25, 0.3) is 5.91 Å². The molecule has 3 N–H and O–H groups in total.